The van der Waals surface area contributed by atoms with Crippen LogP contribution in [0.15, 0.2) is 48.5 Å². The molecule has 0 radical (unpaired) electrons. The lowest BCUT2D eigenvalue weighted by Crippen LogP contribution is -2.14. The van der Waals surface area contributed by atoms with Gasteiger partial charge in [-0.05, 0) is 36.6 Å². The lowest BCUT2D eigenvalue weighted by atomic mass is 10.1. The summed E-state index contributed by atoms with van der Waals surface area (Å²) in [5.74, 6) is 1.25. The number of hydrogen-bond acceptors (Lipinski definition) is 4. The summed E-state index contributed by atoms with van der Waals surface area (Å²) in [6, 6.07) is 16.7. The van der Waals surface area contributed by atoms with Gasteiger partial charge in [0.2, 0.25) is 0 Å². The van der Waals surface area contributed by atoms with Gasteiger partial charge in [0.1, 0.15) is 11.3 Å². The monoisotopic (exact) mass is 599 g/mol. The molecule has 0 saturated carbocycles. The Morgan fingerprint density at radius 1 is 0.750 bits per heavy atom. The van der Waals surface area contributed by atoms with Crippen LogP contribution >= 0.6 is 0 Å². The maximum atomic E-state index is 11.6. The number of rotatable bonds is 21. The van der Waals surface area contributed by atoms with Crippen molar-refractivity contribution in [2.45, 2.75) is 123 Å². The summed E-state index contributed by atoms with van der Waals surface area (Å²) in [7, 11) is 0. The van der Waals surface area contributed by atoms with Crippen LogP contribution in [0.3, 0.4) is 0 Å². The van der Waals surface area contributed by atoms with E-state index in [1.807, 2.05) is 24.3 Å². The van der Waals surface area contributed by atoms with Crippen LogP contribution in [0.25, 0.3) is 21.9 Å². The fraction of sp³-hybridized carbons (Fsp3) is 0.541. The fourth-order valence-electron chi connectivity index (χ4n) is 6.04. The van der Waals surface area contributed by atoms with Gasteiger partial charge in [0.25, 0.3) is 0 Å². The molecule has 7 heteroatoms. The van der Waals surface area contributed by atoms with Crippen molar-refractivity contribution < 1.29 is 9.90 Å². The van der Waals surface area contributed by atoms with Gasteiger partial charge in [-0.3, -0.25) is 5.32 Å². The quantitative estimate of drug-likeness (QED) is 0.0829. The molecular weight excluding hydrogens is 546 g/mol. The number of nitrogens with zero attached hydrogens (tertiary/aromatic N) is 3. The standard InChI is InChI=1S/C37H53N5O2/c1-3-5-7-8-9-10-11-12-13-14-15-18-26-38-27-29-22-24-30(25-23-29)28-42-33(21-6-4-2)40-34-35(42)31-19-16-17-20-32(31)39-36(34)41-37(43)44/h16-17,19-20,22-25,38H,3-15,18,21,26-28H2,1-2H3,(H,39,41)(H,43,44). The average Bonchev–Trinajstić information content (AvgIpc) is 3.39. The summed E-state index contributed by atoms with van der Waals surface area (Å²) in [5, 5.41) is 16.5. The molecule has 0 aliphatic heterocycles. The van der Waals surface area contributed by atoms with Gasteiger partial charge >= 0.3 is 6.09 Å². The van der Waals surface area contributed by atoms with Gasteiger partial charge in [0.05, 0.1) is 11.0 Å². The molecule has 0 fully saturated rings. The first kappa shape index (κ1) is 33.4. The van der Waals surface area contributed by atoms with Crippen LogP contribution in [0.2, 0.25) is 0 Å². The van der Waals surface area contributed by atoms with Crippen molar-refractivity contribution >= 4 is 33.8 Å². The molecule has 4 rings (SSSR count). The molecule has 0 bridgehead atoms. The average molecular weight is 600 g/mol. The zero-order valence-corrected chi connectivity index (χ0v) is 27.0. The second kappa shape index (κ2) is 18.4. The highest BCUT2D eigenvalue weighted by atomic mass is 16.4. The van der Waals surface area contributed by atoms with Crippen molar-refractivity contribution in [1.29, 1.82) is 0 Å². The molecular formula is C37H53N5O2. The van der Waals surface area contributed by atoms with Gasteiger partial charge in [-0.1, -0.05) is 133 Å². The molecule has 4 aromatic rings. The number of unbranched alkanes of at least 4 members (excludes halogenated alkanes) is 12. The molecule has 7 nitrogen and oxygen atoms in total. The van der Waals surface area contributed by atoms with E-state index in [-0.39, 0.29) is 5.82 Å². The minimum atomic E-state index is -1.14. The predicted molar refractivity (Wildman–Crippen MR) is 184 cm³/mol. The molecule has 0 saturated heterocycles. The van der Waals surface area contributed by atoms with Crippen LogP contribution in [-0.2, 0) is 19.5 Å². The number of hydrogen-bond donors (Lipinski definition) is 3. The minimum absolute atomic E-state index is 0.289. The largest absolute Gasteiger partial charge is 0.465 e. The highest BCUT2D eigenvalue weighted by molar-refractivity contribution is 6.08. The van der Waals surface area contributed by atoms with Crippen molar-refractivity contribution in [2.24, 2.45) is 0 Å². The molecule has 0 atom stereocenters. The van der Waals surface area contributed by atoms with Crippen LogP contribution in [0.5, 0.6) is 0 Å². The predicted octanol–water partition coefficient (Wildman–Crippen LogP) is 9.86. The van der Waals surface area contributed by atoms with Crippen molar-refractivity contribution in [3.05, 3.63) is 65.5 Å². The lowest BCUT2D eigenvalue weighted by Gasteiger charge is -2.12. The molecule has 2 aromatic carbocycles. The molecule has 3 N–H and O–H groups in total. The first-order valence-corrected chi connectivity index (χ1v) is 17.2. The number of fused-ring (bicyclic) bond motifs is 3. The number of nitrogens with one attached hydrogen (secondary N) is 2. The van der Waals surface area contributed by atoms with Gasteiger partial charge in [0.15, 0.2) is 5.82 Å². The summed E-state index contributed by atoms with van der Waals surface area (Å²) in [4.78, 5) is 21.1. The Balaban J connectivity index is 1.29. The smallest absolute Gasteiger partial charge is 0.410 e. The van der Waals surface area contributed by atoms with E-state index < -0.39 is 6.09 Å². The molecule has 238 valence electrons. The van der Waals surface area contributed by atoms with Gasteiger partial charge in [-0.25, -0.2) is 14.8 Å². The first-order valence-electron chi connectivity index (χ1n) is 17.2. The second-order valence-electron chi connectivity index (χ2n) is 12.2. The van der Waals surface area contributed by atoms with E-state index in [1.165, 1.54) is 88.2 Å². The zero-order chi connectivity index (χ0) is 31.0. The van der Waals surface area contributed by atoms with Crippen LogP contribution in [0, 0.1) is 0 Å². The number of para-hydroxylation sites is 1. The Morgan fingerprint density at radius 2 is 1.36 bits per heavy atom. The van der Waals surface area contributed by atoms with E-state index in [0.717, 1.165) is 54.6 Å². The number of anilines is 1. The fourth-order valence-corrected chi connectivity index (χ4v) is 6.04. The normalized spacial score (nSPS) is 11.5. The number of carboxylic acid groups (broad SMARTS) is 1. The molecule has 0 aliphatic carbocycles. The van der Waals surface area contributed by atoms with E-state index in [2.05, 4.69) is 58.3 Å². The number of aromatic nitrogens is 3. The van der Waals surface area contributed by atoms with Gasteiger partial charge in [-0.2, -0.15) is 0 Å². The van der Waals surface area contributed by atoms with Crippen LogP contribution < -0.4 is 10.6 Å². The number of imidazole rings is 1. The molecule has 2 aromatic heterocycles. The Kier molecular flexibility index (Phi) is 14.0. The molecule has 0 aliphatic rings. The summed E-state index contributed by atoms with van der Waals surface area (Å²) in [6.07, 6.45) is 18.3. The molecule has 0 spiro atoms. The van der Waals surface area contributed by atoms with E-state index in [4.69, 9.17) is 4.98 Å². The summed E-state index contributed by atoms with van der Waals surface area (Å²) >= 11 is 0. The Labute approximate surface area is 263 Å². The van der Waals surface area contributed by atoms with Crippen LogP contribution in [0.1, 0.15) is 121 Å². The van der Waals surface area contributed by atoms with Crippen molar-refractivity contribution in [3.63, 3.8) is 0 Å². The van der Waals surface area contributed by atoms with Gasteiger partial charge in [0, 0.05) is 24.9 Å². The highest BCUT2D eigenvalue weighted by Gasteiger charge is 2.19. The third-order valence-electron chi connectivity index (χ3n) is 8.54. The van der Waals surface area contributed by atoms with Crippen molar-refractivity contribution in [3.8, 4) is 0 Å². The van der Waals surface area contributed by atoms with Crippen LogP contribution in [-0.4, -0.2) is 32.3 Å². The van der Waals surface area contributed by atoms with Gasteiger partial charge < -0.3 is 15.0 Å². The first-order chi connectivity index (χ1) is 21.6. The number of amides is 1. The maximum absolute atomic E-state index is 11.6. The summed E-state index contributed by atoms with van der Waals surface area (Å²) in [5.41, 5.74) is 4.77. The SMILES string of the molecule is CCCCCCCCCCCCCCNCc1ccc(Cn2c(CCCC)nc3c(NC(=O)O)nc4ccccc4c32)cc1. The molecule has 2 heterocycles. The number of aryl methyl sites for hydroxylation is 1. The van der Waals surface area contributed by atoms with Gasteiger partial charge in [-0.15, -0.1) is 0 Å². The molecule has 1 amide bonds. The lowest BCUT2D eigenvalue weighted by molar-refractivity contribution is 0.209. The summed E-state index contributed by atoms with van der Waals surface area (Å²) in [6.45, 7) is 7.07. The van der Waals surface area contributed by atoms with Crippen molar-refractivity contribution in [1.82, 2.24) is 19.9 Å². The zero-order valence-electron chi connectivity index (χ0n) is 27.0. The summed E-state index contributed by atoms with van der Waals surface area (Å²) < 4.78 is 2.25. The van der Waals surface area contributed by atoms with E-state index in [0.29, 0.717) is 12.1 Å². The maximum Gasteiger partial charge on any atom is 0.410 e. The molecule has 0 unspecified atom stereocenters. The Hall–Kier alpha value is -3.45. The number of benzene rings is 2. The highest BCUT2D eigenvalue weighted by Crippen LogP contribution is 2.31. The molecule has 44 heavy (non-hydrogen) atoms. The second-order valence-corrected chi connectivity index (χ2v) is 12.2. The van der Waals surface area contributed by atoms with E-state index >= 15 is 0 Å². The van der Waals surface area contributed by atoms with E-state index in [9.17, 15) is 9.90 Å². The Morgan fingerprint density at radius 3 is 2.02 bits per heavy atom. The number of carbonyl (C=O) groups is 1. The number of pyridine rings is 1. The topological polar surface area (TPSA) is 92.1 Å². The van der Waals surface area contributed by atoms with Crippen LogP contribution in [0.4, 0.5) is 10.6 Å². The minimum Gasteiger partial charge on any atom is -0.465 e. The third-order valence-corrected chi connectivity index (χ3v) is 8.54. The van der Waals surface area contributed by atoms with E-state index in [1.54, 1.807) is 0 Å². The third kappa shape index (κ3) is 10.0. The van der Waals surface area contributed by atoms with Crippen molar-refractivity contribution in [2.75, 3.05) is 11.9 Å². The Bertz CT molecular complexity index is 1430.